The van der Waals surface area contributed by atoms with Gasteiger partial charge in [0.1, 0.15) is 16.5 Å². The SMILES string of the molecule is COc1ccc(C(=O)Nc2ccc(Cl)cc2F)cc1S(=O)(=O)NC(C)C. The second-order valence-electron chi connectivity index (χ2n) is 5.72. The molecule has 0 atom stereocenters. The van der Waals surface area contributed by atoms with Gasteiger partial charge in [0.25, 0.3) is 5.91 Å². The van der Waals surface area contributed by atoms with Gasteiger partial charge in [0, 0.05) is 16.6 Å². The van der Waals surface area contributed by atoms with Gasteiger partial charge in [-0.15, -0.1) is 0 Å². The Morgan fingerprint density at radius 3 is 2.46 bits per heavy atom. The Morgan fingerprint density at radius 2 is 1.88 bits per heavy atom. The zero-order valence-electron chi connectivity index (χ0n) is 14.3. The van der Waals surface area contributed by atoms with Crippen LogP contribution in [0.5, 0.6) is 5.75 Å². The van der Waals surface area contributed by atoms with Crippen LogP contribution < -0.4 is 14.8 Å². The Hall–Kier alpha value is -2.16. The summed E-state index contributed by atoms with van der Waals surface area (Å²) in [5, 5.41) is 2.57. The molecule has 0 saturated carbocycles. The predicted octanol–water partition coefficient (Wildman–Crippen LogP) is 3.43. The molecule has 2 aromatic carbocycles. The van der Waals surface area contributed by atoms with Gasteiger partial charge < -0.3 is 10.1 Å². The minimum Gasteiger partial charge on any atom is -0.495 e. The molecule has 0 unspecified atom stereocenters. The van der Waals surface area contributed by atoms with Crippen LogP contribution >= 0.6 is 11.6 Å². The van der Waals surface area contributed by atoms with Gasteiger partial charge in [0.05, 0.1) is 12.8 Å². The lowest BCUT2D eigenvalue weighted by Gasteiger charge is -2.14. The molecule has 0 aliphatic heterocycles. The van der Waals surface area contributed by atoms with Crippen molar-refractivity contribution < 1.29 is 22.3 Å². The summed E-state index contributed by atoms with van der Waals surface area (Å²) in [6.45, 7) is 3.34. The molecule has 1 amide bonds. The fourth-order valence-electron chi connectivity index (χ4n) is 2.19. The van der Waals surface area contributed by atoms with E-state index in [1.807, 2.05) is 0 Å². The molecule has 2 N–H and O–H groups in total. The lowest BCUT2D eigenvalue weighted by atomic mass is 10.2. The maximum atomic E-state index is 13.8. The van der Waals surface area contributed by atoms with Crippen molar-refractivity contribution in [3.05, 3.63) is 52.8 Å². The van der Waals surface area contributed by atoms with Crippen LogP contribution in [0.2, 0.25) is 5.02 Å². The molecule has 140 valence electrons. The molecule has 0 fully saturated rings. The maximum Gasteiger partial charge on any atom is 0.255 e. The molecular weight excluding hydrogens is 383 g/mol. The van der Waals surface area contributed by atoms with E-state index in [2.05, 4.69) is 10.0 Å². The van der Waals surface area contributed by atoms with Crippen molar-refractivity contribution in [2.45, 2.75) is 24.8 Å². The second-order valence-corrected chi connectivity index (χ2v) is 7.84. The number of sulfonamides is 1. The number of amides is 1. The summed E-state index contributed by atoms with van der Waals surface area (Å²) in [5.74, 6) is -1.28. The Kier molecular flexibility index (Phi) is 6.22. The highest BCUT2D eigenvalue weighted by Crippen LogP contribution is 2.26. The van der Waals surface area contributed by atoms with E-state index < -0.39 is 21.7 Å². The average Bonchev–Trinajstić information content (AvgIpc) is 2.55. The molecule has 9 heteroatoms. The third-order valence-corrected chi connectivity index (χ3v) is 5.20. The first kappa shape index (κ1) is 20.2. The van der Waals surface area contributed by atoms with Gasteiger partial charge in [0.2, 0.25) is 10.0 Å². The van der Waals surface area contributed by atoms with E-state index in [9.17, 15) is 17.6 Å². The molecule has 0 spiro atoms. The van der Waals surface area contributed by atoms with Gasteiger partial charge in [0.15, 0.2) is 0 Å². The lowest BCUT2D eigenvalue weighted by molar-refractivity contribution is 0.102. The second kappa shape index (κ2) is 8.03. The molecule has 26 heavy (non-hydrogen) atoms. The molecule has 6 nitrogen and oxygen atoms in total. The summed E-state index contributed by atoms with van der Waals surface area (Å²) < 4.78 is 46.2. The number of nitrogens with one attached hydrogen (secondary N) is 2. The summed E-state index contributed by atoms with van der Waals surface area (Å²) in [4.78, 5) is 12.2. The summed E-state index contributed by atoms with van der Waals surface area (Å²) in [5.41, 5.74) is -0.0378. The molecule has 0 bridgehead atoms. The number of benzene rings is 2. The molecule has 0 radical (unpaired) electrons. The molecule has 0 heterocycles. The number of hydrogen-bond donors (Lipinski definition) is 2. The standard InChI is InChI=1S/C17H18ClFN2O4S/c1-10(2)21-26(23,24)16-8-11(4-7-15(16)25-3)17(22)20-14-6-5-12(18)9-13(14)19/h4-10,21H,1-3H3,(H,20,22). The highest BCUT2D eigenvalue weighted by atomic mass is 35.5. The smallest absolute Gasteiger partial charge is 0.255 e. The lowest BCUT2D eigenvalue weighted by Crippen LogP contribution is -2.30. The quantitative estimate of drug-likeness (QED) is 0.778. The monoisotopic (exact) mass is 400 g/mol. The summed E-state index contributed by atoms with van der Waals surface area (Å²) in [6.07, 6.45) is 0. The first-order chi connectivity index (χ1) is 12.1. The average molecular weight is 401 g/mol. The molecular formula is C17H18ClFN2O4S. The van der Waals surface area contributed by atoms with E-state index in [1.54, 1.807) is 13.8 Å². The van der Waals surface area contributed by atoms with Crippen molar-refractivity contribution in [3.8, 4) is 5.75 Å². The summed E-state index contributed by atoms with van der Waals surface area (Å²) in [7, 11) is -2.57. The molecule has 0 aromatic heterocycles. The minimum atomic E-state index is -3.89. The van der Waals surface area contributed by atoms with Crippen LogP contribution in [0.25, 0.3) is 0 Å². The van der Waals surface area contributed by atoms with Crippen molar-refractivity contribution in [2.75, 3.05) is 12.4 Å². The van der Waals surface area contributed by atoms with Crippen LogP contribution in [-0.4, -0.2) is 27.5 Å². The van der Waals surface area contributed by atoms with E-state index in [1.165, 1.54) is 37.4 Å². The number of anilines is 1. The summed E-state index contributed by atoms with van der Waals surface area (Å²) >= 11 is 5.68. The van der Waals surface area contributed by atoms with Gasteiger partial charge in [-0.1, -0.05) is 11.6 Å². The Labute approximate surface area is 156 Å². The van der Waals surface area contributed by atoms with Crippen molar-refractivity contribution >= 4 is 33.2 Å². The van der Waals surface area contributed by atoms with Crippen LogP contribution in [0.1, 0.15) is 24.2 Å². The van der Waals surface area contributed by atoms with Crippen LogP contribution in [0.15, 0.2) is 41.3 Å². The van der Waals surface area contributed by atoms with Crippen molar-refractivity contribution in [1.29, 1.82) is 0 Å². The van der Waals surface area contributed by atoms with E-state index in [-0.39, 0.29) is 33.0 Å². The number of rotatable bonds is 6. The van der Waals surface area contributed by atoms with Crippen LogP contribution in [0.4, 0.5) is 10.1 Å². The van der Waals surface area contributed by atoms with E-state index >= 15 is 0 Å². The molecule has 0 saturated heterocycles. The first-order valence-electron chi connectivity index (χ1n) is 7.61. The zero-order chi connectivity index (χ0) is 19.5. The van der Waals surface area contributed by atoms with Crippen LogP contribution in [0, 0.1) is 5.82 Å². The molecule has 2 aromatic rings. The normalized spacial score (nSPS) is 11.5. The largest absolute Gasteiger partial charge is 0.495 e. The zero-order valence-corrected chi connectivity index (χ0v) is 15.9. The first-order valence-corrected chi connectivity index (χ1v) is 9.47. The van der Waals surface area contributed by atoms with Crippen molar-refractivity contribution in [2.24, 2.45) is 0 Å². The molecule has 0 aliphatic rings. The number of halogens is 2. The Balaban J connectivity index is 2.38. The number of methoxy groups -OCH3 is 1. The number of carbonyl (C=O) groups excluding carboxylic acids is 1. The fraction of sp³-hybridized carbons (Fsp3) is 0.235. The van der Waals surface area contributed by atoms with E-state index in [0.29, 0.717) is 0 Å². The highest BCUT2D eigenvalue weighted by Gasteiger charge is 2.22. The van der Waals surface area contributed by atoms with Crippen LogP contribution in [-0.2, 0) is 10.0 Å². The third-order valence-electron chi connectivity index (χ3n) is 3.29. The van der Waals surface area contributed by atoms with Crippen molar-refractivity contribution in [3.63, 3.8) is 0 Å². The minimum absolute atomic E-state index is 0.0317. The van der Waals surface area contributed by atoms with Gasteiger partial charge in [-0.05, 0) is 50.2 Å². The number of hydrogen-bond acceptors (Lipinski definition) is 4. The summed E-state index contributed by atoms with van der Waals surface area (Å²) in [6, 6.07) is 7.39. The Morgan fingerprint density at radius 1 is 1.19 bits per heavy atom. The van der Waals surface area contributed by atoms with Crippen molar-refractivity contribution in [1.82, 2.24) is 4.72 Å². The number of ether oxygens (including phenoxy) is 1. The molecule has 2 rings (SSSR count). The van der Waals surface area contributed by atoms with Gasteiger partial charge in [-0.25, -0.2) is 17.5 Å². The van der Waals surface area contributed by atoms with Crippen LogP contribution in [0.3, 0.4) is 0 Å². The van der Waals surface area contributed by atoms with E-state index in [0.717, 1.165) is 6.07 Å². The Bertz CT molecular complexity index is 932. The molecule has 0 aliphatic carbocycles. The third kappa shape index (κ3) is 4.72. The predicted molar refractivity (Wildman–Crippen MR) is 97.8 cm³/mol. The topological polar surface area (TPSA) is 84.5 Å². The van der Waals surface area contributed by atoms with Gasteiger partial charge in [-0.3, -0.25) is 4.79 Å². The maximum absolute atomic E-state index is 13.8. The van der Waals surface area contributed by atoms with E-state index in [4.69, 9.17) is 16.3 Å². The van der Waals surface area contributed by atoms with Gasteiger partial charge in [-0.2, -0.15) is 0 Å². The highest BCUT2D eigenvalue weighted by molar-refractivity contribution is 7.89. The number of carbonyl (C=O) groups is 1. The van der Waals surface area contributed by atoms with Gasteiger partial charge >= 0.3 is 0 Å². The fourth-order valence-corrected chi connectivity index (χ4v) is 3.79.